The fourth-order valence-electron chi connectivity index (χ4n) is 1.03. The van der Waals surface area contributed by atoms with Gasteiger partial charge >= 0.3 is 0 Å². The maximum atomic E-state index is 8.64. The van der Waals surface area contributed by atoms with E-state index in [1.807, 2.05) is 11.8 Å². The first-order valence-electron chi connectivity index (χ1n) is 4.34. The predicted octanol–water partition coefficient (Wildman–Crippen LogP) is 1.86. The molecule has 0 aromatic carbocycles. The molecule has 2 nitrogen and oxygen atoms in total. The maximum absolute atomic E-state index is 8.64. The van der Waals surface area contributed by atoms with Crippen molar-refractivity contribution >= 4 is 23.1 Å². The Labute approximate surface area is 87.2 Å². The van der Waals surface area contributed by atoms with Gasteiger partial charge < -0.3 is 10.8 Å². The Morgan fingerprint density at radius 3 is 3.00 bits per heavy atom. The Hall–Kier alpha value is -0.0300. The minimum atomic E-state index is 0.273. The number of thioether (sulfide) groups is 1. The summed E-state index contributed by atoms with van der Waals surface area (Å²) >= 11 is 3.58. The average molecular weight is 217 g/mol. The Bertz CT molecular complexity index is 213. The summed E-state index contributed by atoms with van der Waals surface area (Å²) in [4.78, 5) is 1.34. The Kier molecular flexibility index (Phi) is 5.46. The third-order valence-corrected chi connectivity index (χ3v) is 4.20. The first-order valence-corrected chi connectivity index (χ1v) is 6.27. The quantitative estimate of drug-likeness (QED) is 0.715. The van der Waals surface area contributed by atoms with Crippen molar-refractivity contribution in [1.29, 1.82) is 0 Å². The highest BCUT2D eigenvalue weighted by Crippen LogP contribution is 2.31. The summed E-state index contributed by atoms with van der Waals surface area (Å²) < 4.78 is 0. The van der Waals surface area contributed by atoms with Crippen LogP contribution in [-0.2, 0) is 0 Å². The first kappa shape index (κ1) is 11.0. The molecular formula is C9H15NOS2. The smallest absolute Gasteiger partial charge is 0.0513 e. The number of aliphatic hydroxyl groups excluding tert-OH is 1. The summed E-state index contributed by atoms with van der Waals surface area (Å²) in [5.74, 6) is 0.982. The van der Waals surface area contributed by atoms with Gasteiger partial charge in [0.15, 0.2) is 0 Å². The standard InChI is InChI=1S/C9H15NOS2/c10-7-9(13-6-2-4-11)8-3-1-5-12-8/h1,3,5,9,11H,2,4,6-7,10H2. The molecule has 0 amide bonds. The normalized spacial score (nSPS) is 13.1. The zero-order chi connectivity index (χ0) is 9.52. The van der Waals surface area contributed by atoms with Gasteiger partial charge in [-0.25, -0.2) is 0 Å². The second-order valence-electron chi connectivity index (χ2n) is 2.69. The maximum Gasteiger partial charge on any atom is 0.0513 e. The summed E-state index contributed by atoms with van der Waals surface area (Å²) in [5, 5.41) is 11.1. The van der Waals surface area contributed by atoms with Gasteiger partial charge in [-0.1, -0.05) is 6.07 Å². The largest absolute Gasteiger partial charge is 0.396 e. The lowest BCUT2D eigenvalue weighted by Gasteiger charge is -2.11. The molecule has 0 aliphatic carbocycles. The molecule has 1 rings (SSSR count). The van der Waals surface area contributed by atoms with E-state index in [0.717, 1.165) is 12.2 Å². The van der Waals surface area contributed by atoms with Gasteiger partial charge in [0.2, 0.25) is 0 Å². The number of hydrogen-bond donors (Lipinski definition) is 2. The van der Waals surface area contributed by atoms with Crippen molar-refractivity contribution < 1.29 is 5.11 Å². The van der Waals surface area contributed by atoms with Crippen LogP contribution in [0.15, 0.2) is 17.5 Å². The van der Waals surface area contributed by atoms with Gasteiger partial charge in [0.05, 0.1) is 5.25 Å². The highest BCUT2D eigenvalue weighted by Gasteiger charge is 2.09. The fourth-order valence-corrected chi connectivity index (χ4v) is 3.08. The van der Waals surface area contributed by atoms with Crippen LogP contribution in [-0.4, -0.2) is 24.0 Å². The molecule has 1 aromatic heterocycles. The molecule has 1 unspecified atom stereocenters. The second-order valence-corrected chi connectivity index (χ2v) is 4.98. The number of thiophene rings is 1. The van der Waals surface area contributed by atoms with Crippen LogP contribution in [0.2, 0.25) is 0 Å². The van der Waals surface area contributed by atoms with Gasteiger partial charge in [0.1, 0.15) is 0 Å². The zero-order valence-electron chi connectivity index (χ0n) is 7.48. The molecule has 0 saturated heterocycles. The molecule has 0 aliphatic rings. The molecular weight excluding hydrogens is 202 g/mol. The van der Waals surface area contributed by atoms with Crippen LogP contribution in [0.5, 0.6) is 0 Å². The van der Waals surface area contributed by atoms with E-state index in [1.54, 1.807) is 11.3 Å². The number of rotatable bonds is 6. The molecule has 0 aliphatic heterocycles. The van der Waals surface area contributed by atoms with Crippen molar-refractivity contribution in [3.05, 3.63) is 22.4 Å². The average Bonchev–Trinajstić information content (AvgIpc) is 2.65. The van der Waals surface area contributed by atoms with E-state index in [1.165, 1.54) is 4.88 Å². The van der Waals surface area contributed by atoms with E-state index < -0.39 is 0 Å². The highest BCUT2D eigenvalue weighted by atomic mass is 32.2. The molecule has 3 N–H and O–H groups in total. The summed E-state index contributed by atoms with van der Waals surface area (Å²) in [6.07, 6.45) is 0.854. The van der Waals surface area contributed by atoms with Crippen LogP contribution in [0.1, 0.15) is 16.5 Å². The van der Waals surface area contributed by atoms with Crippen LogP contribution in [0.4, 0.5) is 0 Å². The SMILES string of the molecule is NCC(SCCCO)c1cccs1. The monoisotopic (exact) mass is 217 g/mol. The van der Waals surface area contributed by atoms with Gasteiger partial charge in [0.25, 0.3) is 0 Å². The lowest BCUT2D eigenvalue weighted by atomic mass is 10.3. The van der Waals surface area contributed by atoms with Gasteiger partial charge in [-0.2, -0.15) is 11.8 Å². The van der Waals surface area contributed by atoms with Crippen LogP contribution in [0, 0.1) is 0 Å². The predicted molar refractivity (Wildman–Crippen MR) is 60.3 cm³/mol. The molecule has 13 heavy (non-hydrogen) atoms. The van der Waals surface area contributed by atoms with E-state index in [9.17, 15) is 0 Å². The van der Waals surface area contributed by atoms with E-state index >= 15 is 0 Å². The Morgan fingerprint density at radius 1 is 1.62 bits per heavy atom. The summed E-state index contributed by atoms with van der Waals surface area (Å²) in [5.41, 5.74) is 5.67. The highest BCUT2D eigenvalue weighted by molar-refractivity contribution is 7.99. The van der Waals surface area contributed by atoms with Crippen LogP contribution in [0.25, 0.3) is 0 Å². The lowest BCUT2D eigenvalue weighted by molar-refractivity contribution is 0.296. The van der Waals surface area contributed by atoms with Crippen LogP contribution < -0.4 is 5.73 Å². The molecule has 4 heteroatoms. The molecule has 1 aromatic rings. The van der Waals surface area contributed by atoms with Gasteiger partial charge in [0, 0.05) is 18.0 Å². The van der Waals surface area contributed by atoms with Crippen molar-refractivity contribution in [3.63, 3.8) is 0 Å². The third kappa shape index (κ3) is 3.68. The minimum absolute atomic E-state index is 0.273. The molecule has 0 radical (unpaired) electrons. The molecule has 0 saturated carbocycles. The van der Waals surface area contributed by atoms with Gasteiger partial charge in [-0.05, 0) is 23.6 Å². The van der Waals surface area contributed by atoms with E-state index in [0.29, 0.717) is 11.8 Å². The van der Waals surface area contributed by atoms with Crippen molar-refractivity contribution in [3.8, 4) is 0 Å². The summed E-state index contributed by atoms with van der Waals surface area (Å²) in [7, 11) is 0. The topological polar surface area (TPSA) is 46.2 Å². The second kappa shape index (κ2) is 6.43. The Balaban J connectivity index is 2.35. The fraction of sp³-hybridized carbons (Fsp3) is 0.556. The van der Waals surface area contributed by atoms with E-state index in [2.05, 4.69) is 17.5 Å². The minimum Gasteiger partial charge on any atom is -0.396 e. The summed E-state index contributed by atoms with van der Waals surface area (Å²) in [6, 6.07) is 4.17. The van der Waals surface area contributed by atoms with Crippen molar-refractivity contribution in [2.75, 3.05) is 18.9 Å². The molecule has 0 bridgehead atoms. The first-order chi connectivity index (χ1) is 6.38. The molecule has 0 spiro atoms. The number of aliphatic hydroxyl groups is 1. The molecule has 0 fully saturated rings. The van der Waals surface area contributed by atoms with E-state index in [4.69, 9.17) is 10.8 Å². The number of hydrogen-bond acceptors (Lipinski definition) is 4. The van der Waals surface area contributed by atoms with Gasteiger partial charge in [-0.15, -0.1) is 11.3 Å². The van der Waals surface area contributed by atoms with Crippen molar-refractivity contribution in [2.45, 2.75) is 11.7 Å². The third-order valence-electron chi connectivity index (χ3n) is 1.70. The lowest BCUT2D eigenvalue weighted by Crippen LogP contribution is -2.08. The molecule has 1 atom stereocenters. The van der Waals surface area contributed by atoms with Crippen LogP contribution >= 0.6 is 23.1 Å². The van der Waals surface area contributed by atoms with Gasteiger partial charge in [-0.3, -0.25) is 0 Å². The van der Waals surface area contributed by atoms with E-state index in [-0.39, 0.29) is 6.61 Å². The van der Waals surface area contributed by atoms with Crippen LogP contribution in [0.3, 0.4) is 0 Å². The van der Waals surface area contributed by atoms with Crippen molar-refractivity contribution in [2.24, 2.45) is 5.73 Å². The molecule has 1 heterocycles. The molecule has 74 valence electrons. The Morgan fingerprint density at radius 2 is 2.46 bits per heavy atom. The number of nitrogens with two attached hydrogens (primary N) is 1. The van der Waals surface area contributed by atoms with Crippen molar-refractivity contribution in [1.82, 2.24) is 0 Å². The summed E-state index contributed by atoms with van der Waals surface area (Å²) in [6.45, 7) is 0.950. The zero-order valence-corrected chi connectivity index (χ0v) is 9.11.